The van der Waals surface area contributed by atoms with Crippen molar-refractivity contribution in [2.24, 2.45) is 0 Å². The summed E-state index contributed by atoms with van der Waals surface area (Å²) in [4.78, 5) is 10.1. The molecule has 0 aromatic carbocycles. The summed E-state index contributed by atoms with van der Waals surface area (Å²) < 4.78 is 33.0. The molecule has 11 nitrogen and oxygen atoms in total. The zero-order valence-corrected chi connectivity index (χ0v) is 18.3. The summed E-state index contributed by atoms with van der Waals surface area (Å²) in [6.07, 6.45) is 4.01. The van der Waals surface area contributed by atoms with Crippen molar-refractivity contribution in [2.45, 2.75) is 95.5 Å². The Bertz CT molecular complexity index is 512. The zero-order valence-electron chi connectivity index (χ0n) is 17.5. The Morgan fingerprint density at radius 3 is 1.63 bits per heavy atom. The van der Waals surface area contributed by atoms with Crippen molar-refractivity contribution in [3.05, 3.63) is 0 Å². The van der Waals surface area contributed by atoms with Gasteiger partial charge in [-0.3, -0.25) is 4.55 Å². The van der Waals surface area contributed by atoms with Gasteiger partial charge < -0.3 is 30.6 Å². The quantitative estimate of drug-likeness (QED) is 0.115. The van der Waals surface area contributed by atoms with Crippen LogP contribution in [0, 0.1) is 0 Å². The van der Waals surface area contributed by atoms with E-state index < -0.39 is 47.4 Å². The van der Waals surface area contributed by atoms with Crippen LogP contribution in [-0.4, -0.2) is 87.2 Å². The Morgan fingerprint density at radius 1 is 0.833 bits per heavy atom. The number of aliphatic carboxylic acids is 1. The summed E-state index contributed by atoms with van der Waals surface area (Å²) in [5.74, 6) is -1.73. The van der Waals surface area contributed by atoms with Gasteiger partial charge in [0.05, 0.1) is 13.2 Å². The molecule has 0 fully saturated rings. The molecule has 0 bridgehead atoms. The van der Waals surface area contributed by atoms with Crippen LogP contribution in [0.15, 0.2) is 0 Å². The molecule has 0 aliphatic heterocycles. The predicted molar refractivity (Wildman–Crippen MR) is 108 cm³/mol. The fraction of sp³-hybridized carbons (Fsp3) is 0.944. The molecule has 0 aromatic heterocycles. The third-order valence-corrected chi connectivity index (χ3v) is 4.70. The van der Waals surface area contributed by atoms with Gasteiger partial charge in [0.25, 0.3) is 0 Å². The molecule has 30 heavy (non-hydrogen) atoms. The Hall–Kier alpha value is -0.860. The van der Waals surface area contributed by atoms with Gasteiger partial charge in [0, 0.05) is 0 Å². The normalized spacial score (nSPS) is 15.6. The SMILES string of the molecule is CCCCCCCCCCCCOS(=O)(=O)O.O=C(O)C(O)C(O)C(O)C(O)CO. The smallest absolute Gasteiger partial charge is 0.397 e. The topological polar surface area (TPSA) is 202 Å². The molecule has 4 unspecified atom stereocenters. The first-order valence-corrected chi connectivity index (χ1v) is 11.5. The van der Waals surface area contributed by atoms with E-state index in [2.05, 4.69) is 11.1 Å². The molecule has 0 spiro atoms. The second-order valence-electron chi connectivity index (χ2n) is 6.95. The highest BCUT2D eigenvalue weighted by Gasteiger charge is 2.33. The van der Waals surface area contributed by atoms with E-state index in [1.165, 1.54) is 44.9 Å². The number of aliphatic hydroxyl groups is 5. The molecule has 12 heteroatoms. The van der Waals surface area contributed by atoms with Crippen molar-refractivity contribution in [1.29, 1.82) is 0 Å². The lowest BCUT2D eigenvalue weighted by molar-refractivity contribution is -0.164. The number of unbranched alkanes of at least 4 members (excludes halogenated alkanes) is 9. The molecule has 0 aliphatic rings. The lowest BCUT2D eigenvalue weighted by Gasteiger charge is -2.23. The maximum Gasteiger partial charge on any atom is 0.397 e. The highest BCUT2D eigenvalue weighted by atomic mass is 32.3. The summed E-state index contributed by atoms with van der Waals surface area (Å²) in [6, 6.07) is 0. The van der Waals surface area contributed by atoms with Gasteiger partial charge in [-0.05, 0) is 6.42 Å². The van der Waals surface area contributed by atoms with Crippen molar-refractivity contribution in [2.75, 3.05) is 13.2 Å². The molecule has 0 radical (unpaired) electrons. The monoisotopic (exact) mass is 462 g/mol. The minimum Gasteiger partial charge on any atom is -0.479 e. The number of carboxylic acid groups (broad SMARTS) is 1. The Kier molecular flexibility index (Phi) is 19.7. The summed E-state index contributed by atoms with van der Waals surface area (Å²) in [6.45, 7) is 1.47. The van der Waals surface area contributed by atoms with E-state index in [0.717, 1.165) is 12.8 Å². The van der Waals surface area contributed by atoms with E-state index in [1.54, 1.807) is 0 Å². The Morgan fingerprint density at radius 2 is 1.27 bits per heavy atom. The maximum atomic E-state index is 10.2. The van der Waals surface area contributed by atoms with Crippen LogP contribution in [0.3, 0.4) is 0 Å². The van der Waals surface area contributed by atoms with Crippen molar-refractivity contribution in [3.63, 3.8) is 0 Å². The number of hydrogen-bond acceptors (Lipinski definition) is 9. The molecule has 0 aromatic rings. The molecule has 7 N–H and O–H groups in total. The molecule has 0 rings (SSSR count). The average molecular weight is 463 g/mol. The average Bonchev–Trinajstić information content (AvgIpc) is 2.69. The van der Waals surface area contributed by atoms with Crippen LogP contribution in [0.25, 0.3) is 0 Å². The van der Waals surface area contributed by atoms with Gasteiger partial charge in [-0.2, -0.15) is 8.42 Å². The van der Waals surface area contributed by atoms with Gasteiger partial charge in [0.2, 0.25) is 0 Å². The third kappa shape index (κ3) is 19.1. The molecule has 0 aliphatic carbocycles. The first-order chi connectivity index (χ1) is 14.0. The van der Waals surface area contributed by atoms with Crippen molar-refractivity contribution >= 4 is 16.4 Å². The van der Waals surface area contributed by atoms with Gasteiger partial charge in [0.15, 0.2) is 6.10 Å². The lowest BCUT2D eigenvalue weighted by atomic mass is 10.0. The highest BCUT2D eigenvalue weighted by Crippen LogP contribution is 2.10. The number of aliphatic hydroxyl groups excluding tert-OH is 5. The highest BCUT2D eigenvalue weighted by molar-refractivity contribution is 7.80. The molecule has 0 saturated carbocycles. The summed E-state index contributed by atoms with van der Waals surface area (Å²) >= 11 is 0. The summed E-state index contributed by atoms with van der Waals surface area (Å²) in [7, 11) is -4.23. The summed E-state index contributed by atoms with van der Waals surface area (Å²) in [5.41, 5.74) is 0. The number of carbonyl (C=O) groups is 1. The Balaban J connectivity index is 0. The van der Waals surface area contributed by atoms with Gasteiger partial charge >= 0.3 is 16.4 Å². The molecule has 182 valence electrons. The van der Waals surface area contributed by atoms with Crippen LogP contribution in [-0.2, 0) is 19.4 Å². The minimum atomic E-state index is -4.23. The fourth-order valence-corrected chi connectivity index (χ4v) is 2.75. The van der Waals surface area contributed by atoms with Gasteiger partial charge in [0.1, 0.15) is 18.3 Å². The first kappa shape index (κ1) is 31.3. The second kappa shape index (κ2) is 18.9. The number of hydrogen-bond donors (Lipinski definition) is 7. The molecular weight excluding hydrogens is 424 g/mol. The van der Waals surface area contributed by atoms with Crippen molar-refractivity contribution < 1.29 is 52.6 Å². The Labute approximate surface area is 178 Å². The van der Waals surface area contributed by atoms with Gasteiger partial charge in [-0.15, -0.1) is 0 Å². The van der Waals surface area contributed by atoms with E-state index >= 15 is 0 Å². The van der Waals surface area contributed by atoms with Gasteiger partial charge in [-0.25, -0.2) is 8.98 Å². The zero-order chi connectivity index (χ0) is 23.6. The fourth-order valence-electron chi connectivity index (χ4n) is 2.42. The predicted octanol–water partition coefficient (Wildman–Crippen LogP) is 0.234. The van der Waals surface area contributed by atoms with Crippen LogP contribution in [0.4, 0.5) is 0 Å². The van der Waals surface area contributed by atoms with Crippen LogP contribution < -0.4 is 0 Å². The van der Waals surface area contributed by atoms with E-state index in [0.29, 0.717) is 6.42 Å². The third-order valence-electron chi connectivity index (χ3n) is 4.24. The van der Waals surface area contributed by atoms with Crippen LogP contribution >= 0.6 is 0 Å². The van der Waals surface area contributed by atoms with E-state index in [-0.39, 0.29) is 6.61 Å². The van der Waals surface area contributed by atoms with Gasteiger partial charge in [-0.1, -0.05) is 64.7 Å². The number of carboxylic acids is 1. The molecule has 4 atom stereocenters. The molecule has 0 saturated heterocycles. The molecule has 0 heterocycles. The van der Waals surface area contributed by atoms with Crippen molar-refractivity contribution in [3.8, 4) is 0 Å². The molecule has 0 amide bonds. The second-order valence-corrected chi connectivity index (χ2v) is 8.04. The molecular formula is C18H38O11S. The van der Waals surface area contributed by atoms with E-state index in [1.807, 2.05) is 0 Å². The van der Waals surface area contributed by atoms with Crippen molar-refractivity contribution in [1.82, 2.24) is 0 Å². The number of rotatable bonds is 17. The van der Waals surface area contributed by atoms with Crippen LogP contribution in [0.5, 0.6) is 0 Å². The van der Waals surface area contributed by atoms with E-state index in [4.69, 9.17) is 35.2 Å². The summed E-state index contributed by atoms with van der Waals surface area (Å²) in [5, 5.41) is 51.8. The largest absolute Gasteiger partial charge is 0.479 e. The van der Waals surface area contributed by atoms with Crippen LogP contribution in [0.1, 0.15) is 71.1 Å². The first-order valence-electron chi connectivity index (χ1n) is 10.2. The maximum absolute atomic E-state index is 10.2. The standard InChI is InChI=1S/C12H26O4S.C6H12O7/c1-2-3-4-5-6-7-8-9-10-11-12-16-17(13,14)15;7-1-2(8)3(9)4(10)5(11)6(12)13/h2-12H2,1H3,(H,13,14,15);2-5,7-11H,1H2,(H,12,13). The van der Waals surface area contributed by atoms with Crippen LogP contribution in [0.2, 0.25) is 0 Å². The lowest BCUT2D eigenvalue weighted by Crippen LogP contribution is -2.48. The van der Waals surface area contributed by atoms with E-state index in [9.17, 15) is 13.2 Å². The minimum absolute atomic E-state index is 0.0926.